The molecule has 0 fully saturated rings. The van der Waals surface area contributed by atoms with Crippen LogP contribution in [0.15, 0.2) is 4.99 Å². The number of hydrogen-bond donors (Lipinski definition) is 2. The van der Waals surface area contributed by atoms with Crippen molar-refractivity contribution in [2.75, 3.05) is 32.4 Å². The molecule has 0 rings (SSSR count). The van der Waals surface area contributed by atoms with E-state index in [1.54, 1.807) is 14.0 Å². The Hall–Kier alpha value is -0.820. The van der Waals surface area contributed by atoms with Gasteiger partial charge in [0, 0.05) is 26.7 Å². The van der Waals surface area contributed by atoms with Gasteiger partial charge in [0.1, 0.15) is 0 Å². The van der Waals surface area contributed by atoms with Crippen LogP contribution in [-0.4, -0.2) is 51.1 Å². The summed E-state index contributed by atoms with van der Waals surface area (Å²) in [4.78, 5) is 4.18. The number of sulfonamides is 1. The molecule has 6 nitrogen and oxygen atoms in total. The summed E-state index contributed by atoms with van der Waals surface area (Å²) in [6.45, 7) is 5.68. The lowest BCUT2D eigenvalue weighted by atomic mass is 10.2. The van der Waals surface area contributed by atoms with Gasteiger partial charge >= 0.3 is 0 Å². The molecule has 0 atom stereocenters. The fraction of sp³-hybridized carbons (Fsp3) is 0.923. The molecule has 3 N–H and O–H groups in total. The molecule has 0 aliphatic heterocycles. The number of rotatable bonds is 11. The van der Waals surface area contributed by atoms with Crippen LogP contribution in [0.1, 0.15) is 46.0 Å². The van der Waals surface area contributed by atoms with Gasteiger partial charge in [-0.25, -0.2) is 12.7 Å². The molecule has 0 unspecified atom stereocenters. The smallest absolute Gasteiger partial charge is 0.213 e. The third kappa shape index (κ3) is 9.14. The van der Waals surface area contributed by atoms with Crippen molar-refractivity contribution in [2.45, 2.75) is 46.0 Å². The van der Waals surface area contributed by atoms with Crippen LogP contribution in [0.3, 0.4) is 0 Å². The van der Waals surface area contributed by atoms with E-state index in [0.717, 1.165) is 13.0 Å². The van der Waals surface area contributed by atoms with Gasteiger partial charge in [-0.05, 0) is 19.8 Å². The van der Waals surface area contributed by atoms with Gasteiger partial charge in [-0.1, -0.05) is 26.2 Å². The van der Waals surface area contributed by atoms with Crippen LogP contribution < -0.4 is 11.1 Å². The zero-order valence-electron chi connectivity index (χ0n) is 13.1. The van der Waals surface area contributed by atoms with E-state index in [0.29, 0.717) is 25.5 Å². The molecule has 0 saturated heterocycles. The fourth-order valence-corrected chi connectivity index (χ4v) is 2.52. The van der Waals surface area contributed by atoms with Gasteiger partial charge in [-0.3, -0.25) is 4.99 Å². The Morgan fingerprint density at radius 2 is 1.90 bits per heavy atom. The number of guanidine groups is 1. The van der Waals surface area contributed by atoms with Crippen molar-refractivity contribution < 1.29 is 8.42 Å². The summed E-state index contributed by atoms with van der Waals surface area (Å²) in [5.74, 6) is 0.580. The fourth-order valence-electron chi connectivity index (χ4n) is 1.68. The molecule has 120 valence electrons. The normalized spacial score (nSPS) is 12.9. The minimum atomic E-state index is -3.08. The first-order valence-electron chi connectivity index (χ1n) is 7.41. The zero-order valence-corrected chi connectivity index (χ0v) is 13.9. The van der Waals surface area contributed by atoms with Crippen LogP contribution >= 0.6 is 0 Å². The van der Waals surface area contributed by atoms with E-state index in [4.69, 9.17) is 5.73 Å². The topological polar surface area (TPSA) is 87.8 Å². The Morgan fingerprint density at radius 1 is 1.20 bits per heavy atom. The molecule has 0 spiro atoms. The lowest BCUT2D eigenvalue weighted by Gasteiger charge is -2.14. The van der Waals surface area contributed by atoms with E-state index in [1.807, 2.05) is 0 Å². The maximum absolute atomic E-state index is 11.5. The van der Waals surface area contributed by atoms with Crippen LogP contribution in [0.2, 0.25) is 0 Å². The van der Waals surface area contributed by atoms with Crippen molar-refractivity contribution >= 4 is 16.0 Å². The molecule has 0 saturated carbocycles. The van der Waals surface area contributed by atoms with E-state index in [1.165, 1.54) is 23.6 Å². The molecule has 0 heterocycles. The number of aliphatic imine (C=N–C) groups is 1. The average molecular weight is 306 g/mol. The molecule has 0 bridgehead atoms. The van der Waals surface area contributed by atoms with E-state index in [-0.39, 0.29) is 5.75 Å². The minimum Gasteiger partial charge on any atom is -0.370 e. The van der Waals surface area contributed by atoms with Crippen molar-refractivity contribution in [1.29, 1.82) is 0 Å². The van der Waals surface area contributed by atoms with Crippen molar-refractivity contribution in [3.8, 4) is 0 Å². The number of nitrogens with two attached hydrogens (primary N) is 1. The van der Waals surface area contributed by atoms with Gasteiger partial charge in [0.15, 0.2) is 5.96 Å². The van der Waals surface area contributed by atoms with E-state index < -0.39 is 10.0 Å². The van der Waals surface area contributed by atoms with Crippen LogP contribution in [0.4, 0.5) is 0 Å². The van der Waals surface area contributed by atoms with Gasteiger partial charge in [0.25, 0.3) is 0 Å². The van der Waals surface area contributed by atoms with Gasteiger partial charge in [-0.15, -0.1) is 0 Å². The first-order chi connectivity index (χ1) is 9.44. The zero-order chi connectivity index (χ0) is 15.4. The summed E-state index contributed by atoms with van der Waals surface area (Å²) in [6.07, 6.45) is 5.45. The Morgan fingerprint density at radius 3 is 2.50 bits per heavy atom. The van der Waals surface area contributed by atoms with Crippen LogP contribution in [0, 0.1) is 0 Å². The maximum atomic E-state index is 11.5. The maximum Gasteiger partial charge on any atom is 0.213 e. The van der Waals surface area contributed by atoms with Gasteiger partial charge in [0.05, 0.1) is 5.75 Å². The summed E-state index contributed by atoms with van der Waals surface area (Å²) >= 11 is 0. The Bertz CT molecular complexity index is 369. The highest BCUT2D eigenvalue weighted by Gasteiger charge is 2.13. The predicted octanol–water partition coefficient (Wildman–Crippen LogP) is 1.14. The van der Waals surface area contributed by atoms with Crippen LogP contribution in [-0.2, 0) is 10.0 Å². The van der Waals surface area contributed by atoms with Gasteiger partial charge in [0.2, 0.25) is 10.0 Å². The third-order valence-electron chi connectivity index (χ3n) is 3.09. The Labute approximate surface area is 123 Å². The first-order valence-corrected chi connectivity index (χ1v) is 9.02. The van der Waals surface area contributed by atoms with Crippen molar-refractivity contribution in [2.24, 2.45) is 10.7 Å². The quantitative estimate of drug-likeness (QED) is 0.340. The highest BCUT2D eigenvalue weighted by Crippen LogP contribution is 1.99. The van der Waals surface area contributed by atoms with Crippen molar-refractivity contribution in [3.05, 3.63) is 0 Å². The summed E-state index contributed by atoms with van der Waals surface area (Å²) < 4.78 is 24.4. The minimum absolute atomic E-state index is 0.133. The monoisotopic (exact) mass is 306 g/mol. The summed E-state index contributed by atoms with van der Waals surface area (Å²) in [6, 6.07) is 0. The Balaban J connectivity index is 3.73. The molecule has 0 radical (unpaired) electrons. The predicted molar refractivity (Wildman–Crippen MR) is 85.3 cm³/mol. The number of nitrogens with zero attached hydrogens (tertiary/aromatic N) is 2. The van der Waals surface area contributed by atoms with Crippen LogP contribution in [0.5, 0.6) is 0 Å². The van der Waals surface area contributed by atoms with Crippen LogP contribution in [0.25, 0.3) is 0 Å². The molecular weight excluding hydrogens is 276 g/mol. The molecule has 7 heteroatoms. The van der Waals surface area contributed by atoms with Gasteiger partial charge < -0.3 is 11.1 Å². The molecule has 0 aromatic carbocycles. The highest BCUT2D eigenvalue weighted by atomic mass is 32.2. The molecule has 0 aliphatic rings. The third-order valence-corrected chi connectivity index (χ3v) is 4.95. The molecule has 20 heavy (non-hydrogen) atoms. The first kappa shape index (κ1) is 19.2. The van der Waals surface area contributed by atoms with E-state index >= 15 is 0 Å². The standard InChI is InChI=1S/C13H30N4O2S/c1-4-6-7-8-10-15-13(14)16-11-9-12-17(3)20(18,19)5-2/h4-12H2,1-3H3,(H3,14,15,16). The number of nitrogens with one attached hydrogen (secondary N) is 1. The van der Waals surface area contributed by atoms with E-state index in [9.17, 15) is 8.42 Å². The van der Waals surface area contributed by atoms with Crippen molar-refractivity contribution in [1.82, 2.24) is 9.62 Å². The number of unbranched alkanes of at least 4 members (excludes halogenated alkanes) is 3. The Kier molecular flexibility index (Phi) is 10.5. The second kappa shape index (κ2) is 10.9. The summed E-state index contributed by atoms with van der Waals surface area (Å²) in [7, 11) is -1.49. The highest BCUT2D eigenvalue weighted by molar-refractivity contribution is 7.89. The number of hydrogen-bond acceptors (Lipinski definition) is 3. The second-order valence-electron chi connectivity index (χ2n) is 4.83. The van der Waals surface area contributed by atoms with E-state index in [2.05, 4.69) is 17.2 Å². The summed E-state index contributed by atoms with van der Waals surface area (Å²) in [5.41, 5.74) is 5.72. The lowest BCUT2D eigenvalue weighted by molar-refractivity contribution is 0.465. The lowest BCUT2D eigenvalue weighted by Crippen LogP contribution is -2.33. The molecular formula is C13H30N4O2S. The second-order valence-corrected chi connectivity index (χ2v) is 7.19. The molecule has 0 amide bonds. The largest absolute Gasteiger partial charge is 0.370 e. The van der Waals surface area contributed by atoms with Crippen molar-refractivity contribution in [3.63, 3.8) is 0 Å². The average Bonchev–Trinajstić information content (AvgIpc) is 2.43. The molecule has 0 aromatic rings. The van der Waals surface area contributed by atoms with Gasteiger partial charge in [-0.2, -0.15) is 0 Å². The SMILES string of the molecule is CCCCCCNC(N)=NCCCN(C)S(=O)(=O)CC. The molecule has 0 aliphatic carbocycles. The molecule has 0 aromatic heterocycles. The summed E-state index contributed by atoms with van der Waals surface area (Å²) in [5, 5.41) is 3.07.